The molecule has 1 amide bonds. The van der Waals surface area contributed by atoms with Crippen molar-refractivity contribution in [2.45, 2.75) is 38.8 Å². The first-order valence-electron chi connectivity index (χ1n) is 8.54. The molecule has 0 aromatic carbocycles. The lowest BCUT2D eigenvalue weighted by atomic mass is 10.1. The van der Waals surface area contributed by atoms with Crippen molar-refractivity contribution in [3.05, 3.63) is 22.4 Å². The Labute approximate surface area is 143 Å². The van der Waals surface area contributed by atoms with Gasteiger partial charge < -0.3 is 10.4 Å². The molecule has 1 aliphatic rings. The van der Waals surface area contributed by atoms with Gasteiger partial charge in [-0.25, -0.2) is 0 Å². The Morgan fingerprint density at radius 3 is 2.61 bits per heavy atom. The first kappa shape index (κ1) is 18.4. The number of aliphatic hydroxyl groups is 1. The molecule has 1 aliphatic heterocycles. The Balaban J connectivity index is 1.71. The smallest absolute Gasteiger partial charge is 0.237 e. The number of carbonyl (C=O) groups excluding carboxylic acids is 1. The van der Waals surface area contributed by atoms with E-state index in [9.17, 15) is 9.90 Å². The molecule has 23 heavy (non-hydrogen) atoms. The van der Waals surface area contributed by atoms with Crippen LogP contribution in [-0.4, -0.2) is 72.2 Å². The summed E-state index contributed by atoms with van der Waals surface area (Å²) in [5.41, 5.74) is 0. The van der Waals surface area contributed by atoms with Crippen LogP contribution in [0.3, 0.4) is 0 Å². The molecule has 2 atom stereocenters. The quantitative estimate of drug-likeness (QED) is 0.747. The molecule has 130 valence electrons. The summed E-state index contributed by atoms with van der Waals surface area (Å²) in [5.74, 6) is 0.115. The third-order valence-corrected chi connectivity index (χ3v) is 5.66. The largest absolute Gasteiger partial charge is 0.395 e. The summed E-state index contributed by atoms with van der Waals surface area (Å²) in [4.78, 5) is 18.2. The van der Waals surface area contributed by atoms with Crippen molar-refractivity contribution in [2.24, 2.45) is 0 Å². The van der Waals surface area contributed by atoms with Gasteiger partial charge >= 0.3 is 0 Å². The maximum absolute atomic E-state index is 12.3. The minimum absolute atomic E-state index is 0.0883. The van der Waals surface area contributed by atoms with Gasteiger partial charge in [0.05, 0.1) is 12.6 Å². The summed E-state index contributed by atoms with van der Waals surface area (Å²) in [6, 6.07) is 4.31. The van der Waals surface area contributed by atoms with E-state index in [4.69, 9.17) is 0 Å². The SMILES string of the molecule is CCC(CO)N1CCN(C(C)C(=O)NCCc2cccs2)CC1. The van der Waals surface area contributed by atoms with E-state index in [1.807, 2.05) is 13.0 Å². The third-order valence-electron chi connectivity index (χ3n) is 4.73. The lowest BCUT2D eigenvalue weighted by Gasteiger charge is -2.40. The van der Waals surface area contributed by atoms with Crippen molar-refractivity contribution in [2.75, 3.05) is 39.3 Å². The van der Waals surface area contributed by atoms with Crippen molar-refractivity contribution in [1.82, 2.24) is 15.1 Å². The monoisotopic (exact) mass is 339 g/mol. The molecule has 0 bridgehead atoms. The Kier molecular flexibility index (Phi) is 7.49. The minimum atomic E-state index is -0.0883. The molecule has 1 fully saturated rings. The minimum Gasteiger partial charge on any atom is -0.395 e. The molecular weight excluding hydrogens is 310 g/mol. The van der Waals surface area contributed by atoms with Crippen LogP contribution >= 0.6 is 11.3 Å². The highest BCUT2D eigenvalue weighted by molar-refractivity contribution is 7.09. The molecule has 0 spiro atoms. The average Bonchev–Trinajstić information content (AvgIpc) is 3.09. The number of carbonyl (C=O) groups is 1. The second-order valence-electron chi connectivity index (χ2n) is 6.11. The predicted molar refractivity (Wildman–Crippen MR) is 94.8 cm³/mol. The van der Waals surface area contributed by atoms with Crippen molar-refractivity contribution < 1.29 is 9.90 Å². The normalized spacial score (nSPS) is 19.4. The van der Waals surface area contributed by atoms with E-state index < -0.39 is 0 Å². The van der Waals surface area contributed by atoms with Gasteiger partial charge in [-0.2, -0.15) is 0 Å². The molecule has 2 rings (SSSR count). The van der Waals surface area contributed by atoms with Gasteiger partial charge in [-0.3, -0.25) is 14.6 Å². The van der Waals surface area contributed by atoms with Gasteiger partial charge in [-0.1, -0.05) is 13.0 Å². The number of aliphatic hydroxyl groups excluding tert-OH is 1. The number of thiophene rings is 1. The van der Waals surface area contributed by atoms with Crippen molar-refractivity contribution >= 4 is 17.2 Å². The van der Waals surface area contributed by atoms with Crippen LogP contribution in [-0.2, 0) is 11.2 Å². The molecule has 0 saturated carbocycles. The van der Waals surface area contributed by atoms with Crippen LogP contribution in [0.2, 0.25) is 0 Å². The lowest BCUT2D eigenvalue weighted by Crippen LogP contribution is -2.56. The van der Waals surface area contributed by atoms with Crippen molar-refractivity contribution in [3.63, 3.8) is 0 Å². The number of rotatable bonds is 8. The van der Waals surface area contributed by atoms with E-state index in [1.165, 1.54) is 4.88 Å². The molecule has 1 aromatic heterocycles. The first-order chi connectivity index (χ1) is 11.2. The van der Waals surface area contributed by atoms with E-state index in [2.05, 4.69) is 33.5 Å². The predicted octanol–water partition coefficient (Wildman–Crippen LogP) is 1.18. The maximum Gasteiger partial charge on any atom is 0.237 e. The number of nitrogens with zero attached hydrogens (tertiary/aromatic N) is 2. The highest BCUT2D eigenvalue weighted by atomic mass is 32.1. The summed E-state index contributed by atoms with van der Waals surface area (Å²) in [7, 11) is 0. The zero-order valence-electron chi connectivity index (χ0n) is 14.2. The number of piperazine rings is 1. The van der Waals surface area contributed by atoms with Crippen molar-refractivity contribution in [1.29, 1.82) is 0 Å². The highest BCUT2D eigenvalue weighted by Crippen LogP contribution is 2.12. The molecule has 6 heteroatoms. The van der Waals surface area contributed by atoms with E-state index in [0.717, 1.165) is 39.0 Å². The summed E-state index contributed by atoms with van der Waals surface area (Å²) in [6.07, 6.45) is 1.87. The molecule has 2 unspecified atom stereocenters. The van der Waals surface area contributed by atoms with Crippen LogP contribution in [0.5, 0.6) is 0 Å². The highest BCUT2D eigenvalue weighted by Gasteiger charge is 2.27. The fraction of sp³-hybridized carbons (Fsp3) is 0.706. The molecule has 0 aliphatic carbocycles. The number of nitrogens with one attached hydrogen (secondary N) is 1. The fourth-order valence-corrected chi connectivity index (χ4v) is 3.78. The van der Waals surface area contributed by atoms with Crippen molar-refractivity contribution in [3.8, 4) is 0 Å². The Morgan fingerprint density at radius 1 is 1.35 bits per heavy atom. The first-order valence-corrected chi connectivity index (χ1v) is 9.42. The summed E-state index contributed by atoms with van der Waals surface area (Å²) in [5, 5.41) is 14.5. The number of hydrogen-bond donors (Lipinski definition) is 2. The summed E-state index contributed by atoms with van der Waals surface area (Å²) >= 11 is 1.73. The van der Waals surface area contributed by atoms with E-state index in [0.29, 0.717) is 6.54 Å². The summed E-state index contributed by atoms with van der Waals surface area (Å²) < 4.78 is 0. The summed E-state index contributed by atoms with van der Waals surface area (Å²) in [6.45, 7) is 8.63. The Bertz CT molecular complexity index is 454. The van der Waals surface area contributed by atoms with E-state index in [-0.39, 0.29) is 24.6 Å². The molecule has 2 heterocycles. The van der Waals surface area contributed by atoms with Gasteiger partial charge in [0.25, 0.3) is 0 Å². The molecule has 1 saturated heterocycles. The van der Waals surface area contributed by atoms with Crippen LogP contribution in [0.25, 0.3) is 0 Å². The standard InChI is InChI=1S/C17H29N3O2S/c1-3-15(13-21)20-10-8-19(9-11-20)14(2)17(22)18-7-6-16-5-4-12-23-16/h4-5,12,14-15,21H,3,6-11,13H2,1-2H3,(H,18,22). The average molecular weight is 340 g/mol. The maximum atomic E-state index is 12.3. The lowest BCUT2D eigenvalue weighted by molar-refractivity contribution is -0.126. The van der Waals surface area contributed by atoms with E-state index in [1.54, 1.807) is 11.3 Å². The molecule has 0 radical (unpaired) electrons. The number of hydrogen-bond acceptors (Lipinski definition) is 5. The second-order valence-corrected chi connectivity index (χ2v) is 7.15. The molecule has 2 N–H and O–H groups in total. The van der Waals surface area contributed by atoms with Crippen LogP contribution in [0.1, 0.15) is 25.1 Å². The van der Waals surface area contributed by atoms with Gasteiger partial charge in [-0.05, 0) is 31.2 Å². The molecule has 1 aromatic rings. The van der Waals surface area contributed by atoms with Gasteiger partial charge in [0, 0.05) is 43.6 Å². The Morgan fingerprint density at radius 2 is 2.04 bits per heavy atom. The van der Waals surface area contributed by atoms with Crippen LogP contribution in [0.4, 0.5) is 0 Å². The van der Waals surface area contributed by atoms with Crippen LogP contribution in [0.15, 0.2) is 17.5 Å². The van der Waals surface area contributed by atoms with Gasteiger partial charge in [0.15, 0.2) is 0 Å². The Hall–Kier alpha value is -0.950. The third kappa shape index (κ3) is 5.28. The van der Waals surface area contributed by atoms with E-state index >= 15 is 0 Å². The zero-order valence-corrected chi connectivity index (χ0v) is 15.0. The number of amides is 1. The topological polar surface area (TPSA) is 55.8 Å². The fourth-order valence-electron chi connectivity index (χ4n) is 3.07. The zero-order chi connectivity index (χ0) is 16.7. The van der Waals surface area contributed by atoms with Gasteiger partial charge in [0.2, 0.25) is 5.91 Å². The molecule has 5 nitrogen and oxygen atoms in total. The second kappa shape index (κ2) is 9.37. The van der Waals surface area contributed by atoms with Crippen LogP contribution in [0, 0.1) is 0 Å². The van der Waals surface area contributed by atoms with Gasteiger partial charge in [-0.15, -0.1) is 11.3 Å². The van der Waals surface area contributed by atoms with Crippen LogP contribution < -0.4 is 5.32 Å². The molecular formula is C17H29N3O2S. The van der Waals surface area contributed by atoms with Gasteiger partial charge in [0.1, 0.15) is 0 Å².